The molecule has 1 saturated heterocycles. The van der Waals surface area contributed by atoms with Gasteiger partial charge < -0.3 is 15.4 Å². The van der Waals surface area contributed by atoms with Crippen LogP contribution in [0.25, 0.3) is 0 Å². The van der Waals surface area contributed by atoms with Gasteiger partial charge >= 0.3 is 0 Å². The van der Waals surface area contributed by atoms with Crippen LogP contribution in [-0.2, 0) is 4.74 Å². The molecule has 0 saturated carbocycles. The molecule has 2 atom stereocenters. The van der Waals surface area contributed by atoms with Gasteiger partial charge in [0.05, 0.1) is 6.10 Å². The van der Waals surface area contributed by atoms with Crippen LogP contribution in [0.5, 0.6) is 0 Å². The zero-order chi connectivity index (χ0) is 17.4. The van der Waals surface area contributed by atoms with Gasteiger partial charge in [-0.3, -0.25) is 9.59 Å². The summed E-state index contributed by atoms with van der Waals surface area (Å²) in [5.74, 6) is -0.280. The summed E-state index contributed by atoms with van der Waals surface area (Å²) in [6, 6.07) is 6.93. The summed E-state index contributed by atoms with van der Waals surface area (Å²) < 4.78 is 5.61. The number of carbonyl (C=O) groups is 2. The minimum atomic E-state index is -0.141. The van der Waals surface area contributed by atoms with Crippen molar-refractivity contribution < 1.29 is 14.3 Å². The van der Waals surface area contributed by atoms with E-state index in [2.05, 4.69) is 10.6 Å². The van der Waals surface area contributed by atoms with E-state index in [-0.39, 0.29) is 17.9 Å². The van der Waals surface area contributed by atoms with E-state index >= 15 is 0 Å². The molecule has 2 N–H and O–H groups in total. The SMILES string of the molecule is CCCNC(=O)c1cccc(C(=O)N[C@H](C)CC[C@@H]2CCCO2)c1. The number of carbonyl (C=O) groups excluding carboxylic acids is 2. The van der Waals surface area contributed by atoms with Crippen LogP contribution in [0, 0.1) is 0 Å². The van der Waals surface area contributed by atoms with Crippen molar-refractivity contribution in [3.63, 3.8) is 0 Å². The molecule has 0 spiro atoms. The topological polar surface area (TPSA) is 67.4 Å². The predicted molar refractivity (Wildman–Crippen MR) is 94.2 cm³/mol. The van der Waals surface area contributed by atoms with Crippen molar-refractivity contribution in [3.8, 4) is 0 Å². The van der Waals surface area contributed by atoms with E-state index in [9.17, 15) is 9.59 Å². The Bertz CT molecular complexity index is 553. The van der Waals surface area contributed by atoms with Gasteiger partial charge in [-0.2, -0.15) is 0 Å². The quantitative estimate of drug-likeness (QED) is 0.769. The maximum atomic E-state index is 12.4. The molecule has 1 aliphatic rings. The van der Waals surface area contributed by atoms with Gasteiger partial charge in [0.25, 0.3) is 11.8 Å². The molecule has 0 unspecified atom stereocenters. The molecule has 2 rings (SSSR count). The van der Waals surface area contributed by atoms with Gasteiger partial charge in [-0.05, 0) is 57.2 Å². The van der Waals surface area contributed by atoms with Crippen molar-refractivity contribution in [1.29, 1.82) is 0 Å². The Kier molecular flexibility index (Phi) is 7.25. The van der Waals surface area contributed by atoms with E-state index in [0.29, 0.717) is 23.8 Å². The number of rotatable bonds is 8. The summed E-state index contributed by atoms with van der Waals surface area (Å²) in [6.45, 7) is 5.50. The Morgan fingerprint density at radius 1 is 1.29 bits per heavy atom. The predicted octanol–water partition coefficient (Wildman–Crippen LogP) is 2.90. The molecule has 5 nitrogen and oxygen atoms in total. The molecule has 1 aromatic rings. The molecule has 1 aliphatic heterocycles. The van der Waals surface area contributed by atoms with Crippen LogP contribution < -0.4 is 10.6 Å². The van der Waals surface area contributed by atoms with Gasteiger partial charge in [-0.25, -0.2) is 0 Å². The number of hydrogen-bond donors (Lipinski definition) is 2. The second kappa shape index (κ2) is 9.42. The van der Waals surface area contributed by atoms with Crippen molar-refractivity contribution in [2.24, 2.45) is 0 Å². The third kappa shape index (κ3) is 5.64. The molecule has 0 radical (unpaired) electrons. The molecular weight excluding hydrogens is 304 g/mol. The first kappa shape index (κ1) is 18.5. The van der Waals surface area contributed by atoms with E-state index in [1.807, 2.05) is 13.8 Å². The monoisotopic (exact) mass is 332 g/mol. The highest BCUT2D eigenvalue weighted by atomic mass is 16.5. The molecule has 1 aromatic carbocycles. The number of amides is 2. The highest BCUT2D eigenvalue weighted by molar-refractivity contribution is 5.99. The average Bonchev–Trinajstić information content (AvgIpc) is 3.11. The molecular formula is C19H28N2O3. The molecule has 24 heavy (non-hydrogen) atoms. The van der Waals surface area contributed by atoms with Crippen LogP contribution in [0.4, 0.5) is 0 Å². The standard InChI is InChI=1S/C19H28N2O3/c1-3-11-20-18(22)15-6-4-7-16(13-15)19(23)21-14(2)9-10-17-8-5-12-24-17/h4,6-7,13-14,17H,3,5,8-12H2,1-2H3,(H,20,22)(H,21,23)/t14-,17+/m1/s1. The molecule has 1 heterocycles. The molecule has 5 heteroatoms. The van der Waals surface area contributed by atoms with Crippen molar-refractivity contribution in [2.75, 3.05) is 13.2 Å². The second-order valence-corrected chi connectivity index (χ2v) is 6.42. The zero-order valence-corrected chi connectivity index (χ0v) is 14.6. The lowest BCUT2D eigenvalue weighted by Crippen LogP contribution is -2.33. The molecule has 0 aromatic heterocycles. The second-order valence-electron chi connectivity index (χ2n) is 6.42. The van der Waals surface area contributed by atoms with Gasteiger partial charge in [-0.1, -0.05) is 13.0 Å². The maximum Gasteiger partial charge on any atom is 0.251 e. The maximum absolute atomic E-state index is 12.4. The molecule has 1 fully saturated rings. The van der Waals surface area contributed by atoms with E-state index in [1.54, 1.807) is 24.3 Å². The fraction of sp³-hybridized carbons (Fsp3) is 0.579. The highest BCUT2D eigenvalue weighted by Gasteiger charge is 2.18. The summed E-state index contributed by atoms with van der Waals surface area (Å²) >= 11 is 0. The van der Waals surface area contributed by atoms with E-state index in [0.717, 1.165) is 38.7 Å². The lowest BCUT2D eigenvalue weighted by molar-refractivity contribution is 0.0899. The summed E-state index contributed by atoms with van der Waals surface area (Å²) in [7, 11) is 0. The van der Waals surface area contributed by atoms with Crippen molar-refractivity contribution in [3.05, 3.63) is 35.4 Å². The number of nitrogens with one attached hydrogen (secondary N) is 2. The molecule has 2 amide bonds. The molecule has 132 valence electrons. The average molecular weight is 332 g/mol. The smallest absolute Gasteiger partial charge is 0.251 e. The van der Waals surface area contributed by atoms with Crippen LogP contribution in [0.3, 0.4) is 0 Å². The summed E-state index contributed by atoms with van der Waals surface area (Å²) in [5, 5.41) is 5.83. The highest BCUT2D eigenvalue weighted by Crippen LogP contribution is 2.17. The molecule has 0 bridgehead atoms. The van der Waals surface area contributed by atoms with Crippen LogP contribution in [0.2, 0.25) is 0 Å². The third-order valence-electron chi connectivity index (χ3n) is 4.25. The summed E-state index contributed by atoms with van der Waals surface area (Å²) in [4.78, 5) is 24.4. The van der Waals surface area contributed by atoms with Gasteiger partial charge in [-0.15, -0.1) is 0 Å². The lowest BCUT2D eigenvalue weighted by Gasteiger charge is -2.16. The number of ether oxygens (including phenoxy) is 1. The van der Waals surface area contributed by atoms with Crippen LogP contribution >= 0.6 is 0 Å². The Hall–Kier alpha value is -1.88. The van der Waals surface area contributed by atoms with Gasteiger partial charge in [0, 0.05) is 30.3 Å². The van der Waals surface area contributed by atoms with Crippen molar-refractivity contribution in [2.45, 2.75) is 58.1 Å². The minimum absolute atomic E-state index is 0.0827. The van der Waals surface area contributed by atoms with E-state index in [1.165, 1.54) is 0 Å². The minimum Gasteiger partial charge on any atom is -0.378 e. The van der Waals surface area contributed by atoms with Gasteiger partial charge in [0.1, 0.15) is 0 Å². The van der Waals surface area contributed by atoms with E-state index in [4.69, 9.17) is 4.74 Å². The zero-order valence-electron chi connectivity index (χ0n) is 14.6. The summed E-state index contributed by atoms with van der Waals surface area (Å²) in [5.41, 5.74) is 1.03. The first-order chi connectivity index (χ1) is 11.6. The van der Waals surface area contributed by atoms with Crippen LogP contribution in [-0.4, -0.2) is 37.1 Å². The Morgan fingerprint density at radius 2 is 2.04 bits per heavy atom. The molecule has 0 aliphatic carbocycles. The Morgan fingerprint density at radius 3 is 2.71 bits per heavy atom. The lowest BCUT2D eigenvalue weighted by atomic mass is 10.1. The Balaban J connectivity index is 1.85. The number of hydrogen-bond acceptors (Lipinski definition) is 3. The summed E-state index contributed by atoms with van der Waals surface area (Å²) in [6.07, 6.45) is 5.35. The first-order valence-corrected chi connectivity index (χ1v) is 8.91. The Labute approximate surface area is 144 Å². The fourth-order valence-corrected chi connectivity index (χ4v) is 2.83. The van der Waals surface area contributed by atoms with Crippen molar-refractivity contribution in [1.82, 2.24) is 10.6 Å². The van der Waals surface area contributed by atoms with Crippen LogP contribution in [0.15, 0.2) is 24.3 Å². The van der Waals surface area contributed by atoms with E-state index < -0.39 is 0 Å². The fourth-order valence-electron chi connectivity index (χ4n) is 2.83. The van der Waals surface area contributed by atoms with Crippen LogP contribution in [0.1, 0.15) is 66.7 Å². The normalized spacial score (nSPS) is 18.2. The van der Waals surface area contributed by atoms with Gasteiger partial charge in [0.15, 0.2) is 0 Å². The first-order valence-electron chi connectivity index (χ1n) is 8.91. The third-order valence-corrected chi connectivity index (χ3v) is 4.25. The van der Waals surface area contributed by atoms with Gasteiger partial charge in [0.2, 0.25) is 0 Å². The number of benzene rings is 1. The van der Waals surface area contributed by atoms with Crippen molar-refractivity contribution >= 4 is 11.8 Å². The largest absolute Gasteiger partial charge is 0.378 e.